The minimum atomic E-state index is -2.34. The molecule has 1 heterocycles. The summed E-state index contributed by atoms with van der Waals surface area (Å²) in [7, 11) is -2.34. The molecule has 1 fully saturated rings. The van der Waals surface area contributed by atoms with Crippen LogP contribution in [-0.4, -0.2) is 25.3 Å². The molecular formula is C7H15NO2S. The molecule has 0 aromatic heterocycles. The fraction of sp³-hybridized carbons (Fsp3) is 1.00. The van der Waals surface area contributed by atoms with Crippen LogP contribution in [0.4, 0.5) is 0 Å². The van der Waals surface area contributed by atoms with E-state index in [9.17, 15) is 8.42 Å². The summed E-state index contributed by atoms with van der Waals surface area (Å²) in [5.74, 6) is 0.677. The lowest BCUT2D eigenvalue weighted by atomic mass is 9.95. The van der Waals surface area contributed by atoms with Gasteiger partial charge in [0.05, 0.1) is 0 Å². The van der Waals surface area contributed by atoms with Gasteiger partial charge < -0.3 is 0 Å². The zero-order chi connectivity index (χ0) is 8.43. The molecule has 1 aliphatic heterocycles. The van der Waals surface area contributed by atoms with Gasteiger partial charge in [-0.2, -0.15) is 0 Å². The third-order valence-electron chi connectivity index (χ3n) is 2.31. The first-order valence-corrected chi connectivity index (χ1v) is 5.15. The smallest absolute Gasteiger partial charge is 0.204 e. The van der Waals surface area contributed by atoms with Crippen LogP contribution in [0.15, 0.2) is 0 Å². The van der Waals surface area contributed by atoms with Gasteiger partial charge in [-0.05, 0) is 25.7 Å². The topological polar surface area (TPSA) is 37.4 Å². The summed E-state index contributed by atoms with van der Waals surface area (Å²) in [4.78, 5) is 0. The predicted octanol–water partition coefficient (Wildman–Crippen LogP) is 0.633. The van der Waals surface area contributed by atoms with Crippen LogP contribution in [-0.2, 0) is 10.9 Å². The maximum Gasteiger partial charge on any atom is 0.204 e. The van der Waals surface area contributed by atoms with Crippen LogP contribution in [0.25, 0.3) is 0 Å². The Morgan fingerprint density at radius 2 is 2.00 bits per heavy atom. The van der Waals surface area contributed by atoms with Gasteiger partial charge in [0.2, 0.25) is 10.9 Å². The first kappa shape index (κ1) is 9.00. The Kier molecular flexibility index (Phi) is 2.90. The van der Waals surface area contributed by atoms with Crippen LogP contribution < -0.4 is 0 Å². The minimum absolute atomic E-state index is 0.208. The van der Waals surface area contributed by atoms with Gasteiger partial charge >= 0.3 is 0 Å². The van der Waals surface area contributed by atoms with Crippen LogP contribution >= 0.6 is 0 Å². The Morgan fingerprint density at radius 3 is 2.45 bits per heavy atom. The average molecular weight is 177 g/mol. The molecule has 3 nitrogen and oxygen atoms in total. The van der Waals surface area contributed by atoms with Gasteiger partial charge in [-0.15, -0.1) is 0 Å². The van der Waals surface area contributed by atoms with Crippen LogP contribution in [0.1, 0.15) is 26.7 Å². The standard InChI is InChI=1S/C7H15NO2S/c1-6-3-4-8(11(9)10)7(2)5-6/h6-7,11H,3-5H2,1-2H3. The summed E-state index contributed by atoms with van der Waals surface area (Å²) in [6, 6.07) is 0.208. The Labute approximate surface area is 69.5 Å². The molecule has 0 N–H and O–H groups in total. The first-order chi connectivity index (χ1) is 5.11. The molecule has 0 aromatic carbocycles. The molecule has 1 rings (SSSR count). The zero-order valence-corrected chi connectivity index (χ0v) is 7.88. The van der Waals surface area contributed by atoms with Gasteiger partial charge in [0.25, 0.3) is 0 Å². The second kappa shape index (κ2) is 3.54. The molecule has 66 valence electrons. The summed E-state index contributed by atoms with van der Waals surface area (Å²) >= 11 is 0. The van der Waals surface area contributed by atoms with Gasteiger partial charge in [-0.3, -0.25) is 0 Å². The molecule has 0 radical (unpaired) electrons. The molecule has 1 aliphatic rings. The summed E-state index contributed by atoms with van der Waals surface area (Å²) in [6.45, 7) is 4.85. The van der Waals surface area contributed by atoms with Crippen LogP contribution in [0, 0.1) is 5.92 Å². The van der Waals surface area contributed by atoms with Gasteiger partial charge in [-0.1, -0.05) is 6.92 Å². The van der Waals surface area contributed by atoms with Crippen LogP contribution in [0.2, 0.25) is 0 Å². The van der Waals surface area contributed by atoms with Crippen LogP contribution in [0.3, 0.4) is 0 Å². The molecule has 0 spiro atoms. The molecule has 2 atom stereocenters. The predicted molar refractivity (Wildman–Crippen MR) is 44.9 cm³/mol. The van der Waals surface area contributed by atoms with Crippen molar-refractivity contribution >= 4 is 10.9 Å². The first-order valence-electron chi connectivity index (χ1n) is 4.02. The Balaban J connectivity index is 2.57. The number of hydrogen-bond acceptors (Lipinski definition) is 2. The largest absolute Gasteiger partial charge is 0.215 e. The average Bonchev–Trinajstić information content (AvgIpc) is 1.85. The minimum Gasteiger partial charge on any atom is -0.215 e. The number of nitrogens with zero attached hydrogens (tertiary/aromatic N) is 1. The number of hydrogen-bond donors (Lipinski definition) is 1. The molecule has 0 saturated carbocycles. The number of piperidine rings is 1. The molecular weight excluding hydrogens is 162 g/mol. The van der Waals surface area contributed by atoms with E-state index in [4.69, 9.17) is 0 Å². The molecule has 2 unspecified atom stereocenters. The lowest BCUT2D eigenvalue weighted by Gasteiger charge is -2.31. The zero-order valence-electron chi connectivity index (χ0n) is 6.99. The monoisotopic (exact) mass is 177 g/mol. The number of rotatable bonds is 1. The maximum absolute atomic E-state index is 10.6. The van der Waals surface area contributed by atoms with Gasteiger partial charge in [0.1, 0.15) is 0 Å². The van der Waals surface area contributed by atoms with Crippen molar-refractivity contribution in [1.82, 2.24) is 4.31 Å². The van der Waals surface area contributed by atoms with Crippen molar-refractivity contribution in [2.24, 2.45) is 5.92 Å². The third kappa shape index (κ3) is 2.17. The second-order valence-corrected chi connectivity index (χ2v) is 4.37. The van der Waals surface area contributed by atoms with Crippen molar-refractivity contribution in [2.45, 2.75) is 32.7 Å². The van der Waals surface area contributed by atoms with E-state index in [1.165, 1.54) is 0 Å². The van der Waals surface area contributed by atoms with E-state index in [-0.39, 0.29) is 6.04 Å². The Hall–Kier alpha value is -0.0900. The van der Waals surface area contributed by atoms with E-state index in [2.05, 4.69) is 6.92 Å². The highest BCUT2D eigenvalue weighted by atomic mass is 32.2. The highest BCUT2D eigenvalue weighted by Crippen LogP contribution is 2.21. The molecule has 1 saturated heterocycles. The Bertz CT molecular complexity index is 195. The third-order valence-corrected chi connectivity index (χ3v) is 3.33. The molecule has 0 amide bonds. The van der Waals surface area contributed by atoms with E-state index < -0.39 is 10.9 Å². The highest BCUT2D eigenvalue weighted by molar-refractivity contribution is 7.69. The fourth-order valence-corrected chi connectivity index (χ4v) is 2.33. The van der Waals surface area contributed by atoms with Gasteiger partial charge in [-0.25, -0.2) is 12.7 Å². The van der Waals surface area contributed by atoms with Gasteiger partial charge in [0.15, 0.2) is 0 Å². The summed E-state index contributed by atoms with van der Waals surface area (Å²) < 4.78 is 22.8. The lowest BCUT2D eigenvalue weighted by molar-refractivity contribution is 0.225. The van der Waals surface area contributed by atoms with E-state index >= 15 is 0 Å². The van der Waals surface area contributed by atoms with E-state index in [0.29, 0.717) is 12.5 Å². The molecule has 0 bridgehead atoms. The Morgan fingerprint density at radius 1 is 1.36 bits per heavy atom. The highest BCUT2D eigenvalue weighted by Gasteiger charge is 2.23. The van der Waals surface area contributed by atoms with Crippen molar-refractivity contribution in [2.75, 3.05) is 6.54 Å². The summed E-state index contributed by atoms with van der Waals surface area (Å²) in [5, 5.41) is 0. The molecule has 0 aromatic rings. The maximum atomic E-state index is 10.6. The quantitative estimate of drug-likeness (QED) is 0.597. The van der Waals surface area contributed by atoms with Crippen LogP contribution in [0.5, 0.6) is 0 Å². The molecule has 11 heavy (non-hydrogen) atoms. The van der Waals surface area contributed by atoms with Crippen molar-refractivity contribution in [3.8, 4) is 0 Å². The van der Waals surface area contributed by atoms with E-state index in [0.717, 1.165) is 12.8 Å². The molecule has 4 heteroatoms. The SMILES string of the molecule is CC1CCN([SH](=O)=O)C(C)C1. The van der Waals surface area contributed by atoms with Crippen molar-refractivity contribution in [3.05, 3.63) is 0 Å². The summed E-state index contributed by atoms with van der Waals surface area (Å²) in [6.07, 6.45) is 2.01. The van der Waals surface area contributed by atoms with E-state index in [1.54, 1.807) is 4.31 Å². The normalized spacial score (nSPS) is 34.5. The van der Waals surface area contributed by atoms with Crippen molar-refractivity contribution < 1.29 is 8.42 Å². The molecule has 0 aliphatic carbocycles. The lowest BCUT2D eigenvalue weighted by Crippen LogP contribution is -2.38. The second-order valence-electron chi connectivity index (χ2n) is 3.38. The van der Waals surface area contributed by atoms with Gasteiger partial charge in [0, 0.05) is 12.6 Å². The van der Waals surface area contributed by atoms with E-state index in [1.807, 2.05) is 6.92 Å². The number of thiol groups is 1. The summed E-state index contributed by atoms with van der Waals surface area (Å²) in [5.41, 5.74) is 0. The van der Waals surface area contributed by atoms with Crippen molar-refractivity contribution in [1.29, 1.82) is 0 Å². The fourth-order valence-electron chi connectivity index (χ4n) is 1.64. The van der Waals surface area contributed by atoms with Crippen molar-refractivity contribution in [3.63, 3.8) is 0 Å².